The van der Waals surface area contributed by atoms with Gasteiger partial charge < -0.3 is 9.88 Å². The highest BCUT2D eigenvalue weighted by molar-refractivity contribution is 6.05. The molecule has 1 N–H and O–H groups in total. The third-order valence-electron chi connectivity index (χ3n) is 3.48. The highest BCUT2D eigenvalue weighted by Crippen LogP contribution is 2.13. The van der Waals surface area contributed by atoms with E-state index in [1.807, 2.05) is 17.7 Å². The topological polar surface area (TPSA) is 67.2 Å². The van der Waals surface area contributed by atoms with Crippen LogP contribution in [0.2, 0.25) is 0 Å². The molecular weight excluding hydrogens is 256 g/mol. The molecule has 0 radical (unpaired) electrons. The van der Waals surface area contributed by atoms with E-state index in [1.54, 1.807) is 12.5 Å². The van der Waals surface area contributed by atoms with Crippen molar-refractivity contribution in [1.82, 2.24) is 19.8 Å². The van der Waals surface area contributed by atoms with Crippen molar-refractivity contribution in [2.45, 2.75) is 45.2 Å². The Kier molecular flexibility index (Phi) is 5.29. The second kappa shape index (κ2) is 7.19. The molecule has 1 aliphatic rings. The lowest BCUT2D eigenvalue weighted by atomic mass is 10.2. The van der Waals surface area contributed by atoms with Gasteiger partial charge in [-0.05, 0) is 25.8 Å². The van der Waals surface area contributed by atoms with Gasteiger partial charge >= 0.3 is 0 Å². The van der Waals surface area contributed by atoms with Crippen LogP contribution in [-0.2, 0) is 16.1 Å². The van der Waals surface area contributed by atoms with Crippen LogP contribution in [0.5, 0.6) is 0 Å². The Labute approximate surface area is 119 Å². The number of hydrogen-bond donors (Lipinski definition) is 1. The molecule has 0 bridgehead atoms. The first-order valence-corrected chi connectivity index (χ1v) is 7.25. The molecule has 1 saturated heterocycles. The van der Waals surface area contributed by atoms with Crippen molar-refractivity contribution in [3.63, 3.8) is 0 Å². The fraction of sp³-hybridized carbons (Fsp3) is 0.643. The molecule has 1 atom stereocenters. The molecule has 0 aliphatic carbocycles. The summed E-state index contributed by atoms with van der Waals surface area (Å²) in [5, 5.41) is 3.19. The minimum Gasteiger partial charge on any atom is -0.337 e. The van der Waals surface area contributed by atoms with Crippen molar-refractivity contribution in [3.05, 3.63) is 18.7 Å². The van der Waals surface area contributed by atoms with Crippen molar-refractivity contribution in [3.8, 4) is 0 Å². The van der Waals surface area contributed by atoms with Gasteiger partial charge in [-0.1, -0.05) is 6.92 Å². The molecule has 1 aromatic rings. The van der Waals surface area contributed by atoms with Crippen LogP contribution in [0.3, 0.4) is 0 Å². The average Bonchev–Trinajstić information content (AvgIpc) is 3.03. The Morgan fingerprint density at radius 2 is 2.20 bits per heavy atom. The maximum Gasteiger partial charge on any atom is 0.246 e. The molecule has 0 aromatic carbocycles. The molecule has 2 heterocycles. The molecular formula is C14H22N4O2. The van der Waals surface area contributed by atoms with E-state index < -0.39 is 0 Å². The summed E-state index contributed by atoms with van der Waals surface area (Å²) in [6, 6.07) is -0.317. The molecule has 1 fully saturated rings. The minimum absolute atomic E-state index is 0.0484. The van der Waals surface area contributed by atoms with Gasteiger partial charge in [-0.3, -0.25) is 14.5 Å². The Morgan fingerprint density at radius 1 is 1.35 bits per heavy atom. The molecule has 0 spiro atoms. The van der Waals surface area contributed by atoms with Crippen molar-refractivity contribution in [2.75, 3.05) is 13.1 Å². The van der Waals surface area contributed by atoms with Gasteiger partial charge in [-0.25, -0.2) is 4.98 Å². The zero-order chi connectivity index (χ0) is 14.4. The van der Waals surface area contributed by atoms with Gasteiger partial charge in [-0.15, -0.1) is 0 Å². The summed E-state index contributed by atoms with van der Waals surface area (Å²) in [5.41, 5.74) is 0. The number of imidazole rings is 1. The molecule has 6 nitrogen and oxygen atoms in total. The van der Waals surface area contributed by atoms with Gasteiger partial charge in [0.25, 0.3) is 0 Å². The molecule has 2 amide bonds. The van der Waals surface area contributed by atoms with Crippen LogP contribution < -0.4 is 5.32 Å². The number of likely N-dealkylation sites (tertiary alicyclic amines) is 1. The van der Waals surface area contributed by atoms with Gasteiger partial charge in [0.1, 0.15) is 0 Å². The summed E-state index contributed by atoms with van der Waals surface area (Å²) in [6.45, 7) is 4.20. The maximum absolute atomic E-state index is 12.0. The molecule has 1 unspecified atom stereocenters. The van der Waals surface area contributed by atoms with Gasteiger partial charge in [0.15, 0.2) is 0 Å². The van der Waals surface area contributed by atoms with Crippen LogP contribution >= 0.6 is 0 Å². The van der Waals surface area contributed by atoms with E-state index in [9.17, 15) is 9.59 Å². The van der Waals surface area contributed by atoms with Crippen molar-refractivity contribution in [2.24, 2.45) is 0 Å². The molecule has 20 heavy (non-hydrogen) atoms. The number of nitrogens with zero attached hydrogens (tertiary/aromatic N) is 3. The number of unbranched alkanes of at least 4 members (excludes halogenated alkanes) is 1. The summed E-state index contributed by atoms with van der Waals surface area (Å²) in [6.07, 6.45) is 8.63. The number of amides is 2. The predicted molar refractivity (Wildman–Crippen MR) is 74.9 cm³/mol. The van der Waals surface area contributed by atoms with Crippen molar-refractivity contribution < 1.29 is 9.59 Å². The average molecular weight is 278 g/mol. The van der Waals surface area contributed by atoms with Gasteiger partial charge in [-0.2, -0.15) is 0 Å². The normalized spacial score (nSPS) is 19.1. The lowest BCUT2D eigenvalue weighted by molar-refractivity contribution is -0.138. The molecule has 1 aromatic heterocycles. The molecule has 0 saturated carbocycles. The number of hydrogen-bond acceptors (Lipinski definition) is 4. The third-order valence-corrected chi connectivity index (χ3v) is 3.48. The van der Waals surface area contributed by atoms with Crippen molar-refractivity contribution >= 4 is 11.8 Å². The fourth-order valence-corrected chi connectivity index (χ4v) is 2.42. The number of aromatic nitrogens is 2. The molecule has 6 heteroatoms. The molecule has 110 valence electrons. The van der Waals surface area contributed by atoms with Gasteiger partial charge in [0.2, 0.25) is 11.8 Å². The number of carbonyl (C=O) groups is 2. The molecule has 1 aliphatic heterocycles. The number of rotatable bonds is 8. The van der Waals surface area contributed by atoms with E-state index in [4.69, 9.17) is 0 Å². The Balaban J connectivity index is 1.64. The third kappa shape index (κ3) is 3.66. The van der Waals surface area contributed by atoms with Crippen LogP contribution in [0, 0.1) is 0 Å². The summed E-state index contributed by atoms with van der Waals surface area (Å²) in [4.78, 5) is 29.0. The Hall–Kier alpha value is -1.69. The lowest BCUT2D eigenvalue weighted by Crippen LogP contribution is -2.39. The highest BCUT2D eigenvalue weighted by Gasteiger charge is 2.37. The van der Waals surface area contributed by atoms with E-state index in [0.717, 1.165) is 32.4 Å². The first kappa shape index (κ1) is 14.7. The summed E-state index contributed by atoms with van der Waals surface area (Å²) < 4.78 is 2.03. The maximum atomic E-state index is 12.0. The van der Waals surface area contributed by atoms with Gasteiger partial charge in [0, 0.05) is 25.5 Å². The van der Waals surface area contributed by atoms with E-state index in [1.165, 1.54) is 4.90 Å². The number of nitrogens with one attached hydrogen (secondary N) is 1. The zero-order valence-electron chi connectivity index (χ0n) is 11.9. The Bertz CT molecular complexity index is 444. The second-order valence-electron chi connectivity index (χ2n) is 5.10. The van der Waals surface area contributed by atoms with E-state index in [-0.39, 0.29) is 17.9 Å². The van der Waals surface area contributed by atoms with E-state index >= 15 is 0 Å². The highest BCUT2D eigenvalue weighted by atomic mass is 16.2. The van der Waals surface area contributed by atoms with Crippen LogP contribution in [-0.4, -0.2) is 45.4 Å². The van der Waals surface area contributed by atoms with Crippen LogP contribution in [0.25, 0.3) is 0 Å². The monoisotopic (exact) mass is 278 g/mol. The summed E-state index contributed by atoms with van der Waals surface area (Å²) >= 11 is 0. The van der Waals surface area contributed by atoms with Gasteiger partial charge in [0.05, 0.1) is 18.8 Å². The first-order chi connectivity index (χ1) is 9.72. The second-order valence-corrected chi connectivity index (χ2v) is 5.10. The van der Waals surface area contributed by atoms with Crippen LogP contribution in [0.1, 0.15) is 32.6 Å². The van der Waals surface area contributed by atoms with E-state index in [0.29, 0.717) is 13.0 Å². The number of aryl methyl sites for hydroxylation is 1. The quantitative estimate of drug-likeness (QED) is 0.564. The largest absolute Gasteiger partial charge is 0.337 e. The van der Waals surface area contributed by atoms with E-state index in [2.05, 4.69) is 10.3 Å². The fourth-order valence-electron chi connectivity index (χ4n) is 2.42. The zero-order valence-corrected chi connectivity index (χ0v) is 11.9. The molecule has 2 rings (SSSR count). The number of carbonyl (C=O) groups excluding carboxylic acids is 2. The van der Waals surface area contributed by atoms with Crippen LogP contribution in [0.15, 0.2) is 18.7 Å². The van der Waals surface area contributed by atoms with Crippen LogP contribution in [0.4, 0.5) is 0 Å². The lowest BCUT2D eigenvalue weighted by Gasteiger charge is -2.14. The predicted octanol–water partition coefficient (Wildman–Crippen LogP) is 0.790. The standard InChI is InChI=1S/C14H22N4O2/c1-2-7-18-13(19)10-12(14(18)20)16-5-3-4-8-17-9-6-15-11-17/h6,9,11-12,16H,2-5,7-8,10H2,1H3. The SMILES string of the molecule is CCCN1C(=O)CC(NCCCCn2ccnc2)C1=O. The number of imide groups is 1. The Morgan fingerprint density at radius 3 is 2.90 bits per heavy atom. The smallest absolute Gasteiger partial charge is 0.246 e. The summed E-state index contributed by atoms with van der Waals surface area (Å²) in [7, 11) is 0. The first-order valence-electron chi connectivity index (χ1n) is 7.25. The minimum atomic E-state index is -0.317. The van der Waals surface area contributed by atoms with Crippen molar-refractivity contribution in [1.29, 1.82) is 0 Å². The summed E-state index contributed by atoms with van der Waals surface area (Å²) in [5.74, 6) is -0.112.